The van der Waals surface area contributed by atoms with Gasteiger partial charge in [-0.15, -0.1) is 0 Å². The predicted octanol–water partition coefficient (Wildman–Crippen LogP) is 4.90. The van der Waals surface area contributed by atoms with Crippen molar-refractivity contribution in [2.45, 2.75) is 25.7 Å². The van der Waals surface area contributed by atoms with Crippen molar-refractivity contribution in [3.63, 3.8) is 0 Å². The third-order valence-corrected chi connectivity index (χ3v) is 3.91. The second-order valence-corrected chi connectivity index (χ2v) is 5.69. The highest BCUT2D eigenvalue weighted by Crippen LogP contribution is 2.23. The van der Waals surface area contributed by atoms with Gasteiger partial charge in [-0.05, 0) is 29.2 Å². The molecule has 0 saturated heterocycles. The van der Waals surface area contributed by atoms with Crippen LogP contribution in [0.4, 0.5) is 0 Å². The lowest BCUT2D eigenvalue weighted by molar-refractivity contribution is 0.297. The molecule has 0 spiro atoms. The molecule has 1 atom stereocenters. The Hall–Kier alpha value is -1.41. The highest BCUT2D eigenvalue weighted by atomic mass is 32.1. The first kappa shape index (κ1) is 15.0. The van der Waals surface area contributed by atoms with Gasteiger partial charge >= 0.3 is 0 Å². The molecule has 0 radical (unpaired) electrons. The van der Waals surface area contributed by atoms with Crippen molar-refractivity contribution in [1.29, 1.82) is 0 Å². The Labute approximate surface area is 127 Å². The Morgan fingerprint density at radius 2 is 1.65 bits per heavy atom. The first-order valence-corrected chi connectivity index (χ1v) is 7.72. The number of thiol groups is 1. The molecule has 0 aliphatic carbocycles. The fourth-order valence-corrected chi connectivity index (χ4v) is 2.46. The third kappa shape index (κ3) is 4.04. The summed E-state index contributed by atoms with van der Waals surface area (Å²) in [6.07, 6.45) is 0. The summed E-state index contributed by atoms with van der Waals surface area (Å²) in [5.41, 5.74) is 2.59. The van der Waals surface area contributed by atoms with E-state index in [1.165, 1.54) is 11.1 Å². The van der Waals surface area contributed by atoms with E-state index in [4.69, 9.17) is 4.74 Å². The smallest absolute Gasteiger partial charge is 0.119 e. The van der Waals surface area contributed by atoms with Gasteiger partial charge in [0.2, 0.25) is 0 Å². The lowest BCUT2D eigenvalue weighted by Gasteiger charge is -2.17. The summed E-state index contributed by atoms with van der Waals surface area (Å²) >= 11 is 4.45. The van der Waals surface area contributed by atoms with E-state index in [9.17, 15) is 0 Å². The lowest BCUT2D eigenvalue weighted by atomic mass is 10.0. The summed E-state index contributed by atoms with van der Waals surface area (Å²) in [7, 11) is 0. The molecule has 2 aromatic rings. The van der Waals surface area contributed by atoms with Gasteiger partial charge in [-0.3, -0.25) is 0 Å². The average molecular weight is 286 g/mol. The van der Waals surface area contributed by atoms with Gasteiger partial charge in [0.05, 0.1) is 6.61 Å². The normalized spacial score (nSPS) is 12.4. The van der Waals surface area contributed by atoms with E-state index in [-0.39, 0.29) is 0 Å². The molecule has 0 heterocycles. The number of hydrogen-bond donors (Lipinski definition) is 1. The Kier molecular flexibility index (Phi) is 5.54. The Bertz CT molecular complexity index is 522. The molecule has 2 heteroatoms. The van der Waals surface area contributed by atoms with Crippen LogP contribution in [0, 0.1) is 0 Å². The van der Waals surface area contributed by atoms with E-state index in [1.807, 2.05) is 12.1 Å². The van der Waals surface area contributed by atoms with E-state index < -0.39 is 0 Å². The molecule has 1 nitrogen and oxygen atoms in total. The summed E-state index contributed by atoms with van der Waals surface area (Å²) in [5, 5.41) is 0. The second kappa shape index (κ2) is 7.39. The molecule has 2 aromatic carbocycles. The van der Waals surface area contributed by atoms with E-state index >= 15 is 0 Å². The molecule has 20 heavy (non-hydrogen) atoms. The number of ether oxygens (including phenoxy) is 1. The van der Waals surface area contributed by atoms with Crippen LogP contribution in [-0.2, 0) is 0 Å². The maximum absolute atomic E-state index is 5.96. The van der Waals surface area contributed by atoms with E-state index in [0.29, 0.717) is 18.4 Å². The summed E-state index contributed by atoms with van der Waals surface area (Å²) < 4.78 is 5.96. The molecule has 0 aliphatic rings. The number of benzene rings is 2. The van der Waals surface area contributed by atoms with Crippen LogP contribution < -0.4 is 4.74 Å². The van der Waals surface area contributed by atoms with Crippen LogP contribution in [0.25, 0.3) is 0 Å². The number of hydrogen-bond acceptors (Lipinski definition) is 2. The summed E-state index contributed by atoms with van der Waals surface area (Å²) in [4.78, 5) is 0. The fourth-order valence-electron chi connectivity index (χ4n) is 2.14. The minimum Gasteiger partial charge on any atom is -0.493 e. The quantitative estimate of drug-likeness (QED) is 0.743. The van der Waals surface area contributed by atoms with Gasteiger partial charge in [-0.25, -0.2) is 0 Å². The van der Waals surface area contributed by atoms with Crippen molar-refractivity contribution in [2.75, 3.05) is 12.4 Å². The van der Waals surface area contributed by atoms with Crippen molar-refractivity contribution in [3.05, 3.63) is 65.7 Å². The maximum Gasteiger partial charge on any atom is 0.119 e. The van der Waals surface area contributed by atoms with Crippen molar-refractivity contribution in [3.8, 4) is 5.75 Å². The molecule has 1 unspecified atom stereocenters. The molecule has 0 bridgehead atoms. The van der Waals surface area contributed by atoms with Crippen LogP contribution in [0.3, 0.4) is 0 Å². The average Bonchev–Trinajstić information content (AvgIpc) is 2.49. The molecule has 0 N–H and O–H groups in total. The zero-order valence-corrected chi connectivity index (χ0v) is 13.0. The molecule has 0 aromatic heterocycles. The maximum atomic E-state index is 5.96. The van der Waals surface area contributed by atoms with Gasteiger partial charge in [0.1, 0.15) is 5.75 Å². The van der Waals surface area contributed by atoms with Crippen molar-refractivity contribution >= 4 is 12.6 Å². The Morgan fingerprint density at radius 3 is 2.30 bits per heavy atom. The van der Waals surface area contributed by atoms with Crippen molar-refractivity contribution in [1.82, 2.24) is 0 Å². The van der Waals surface area contributed by atoms with E-state index in [0.717, 1.165) is 11.5 Å². The monoisotopic (exact) mass is 286 g/mol. The summed E-state index contributed by atoms with van der Waals surface area (Å²) in [5.74, 6) is 2.57. The van der Waals surface area contributed by atoms with Crippen molar-refractivity contribution < 1.29 is 4.74 Å². The second-order valence-electron chi connectivity index (χ2n) is 5.33. The van der Waals surface area contributed by atoms with E-state index in [2.05, 4.69) is 68.9 Å². The molecular formula is C18H22OS. The van der Waals surface area contributed by atoms with Gasteiger partial charge in [-0.2, -0.15) is 12.6 Å². The molecule has 0 saturated carbocycles. The lowest BCUT2D eigenvalue weighted by Crippen LogP contribution is -2.12. The van der Waals surface area contributed by atoms with Crippen LogP contribution in [-0.4, -0.2) is 12.4 Å². The van der Waals surface area contributed by atoms with Gasteiger partial charge in [0.15, 0.2) is 0 Å². The standard InChI is InChI=1S/C18H22OS/c1-14(2)16-9-6-10-18(11-16)19-12-17(13-20)15-7-4-3-5-8-15/h3-11,14,17,20H,12-13H2,1-2H3. The molecular weight excluding hydrogens is 264 g/mol. The van der Waals surface area contributed by atoms with Gasteiger partial charge in [0, 0.05) is 11.7 Å². The molecule has 0 amide bonds. The zero-order chi connectivity index (χ0) is 14.4. The van der Waals surface area contributed by atoms with Gasteiger partial charge in [-0.1, -0.05) is 56.3 Å². The van der Waals surface area contributed by atoms with Crippen LogP contribution in [0.2, 0.25) is 0 Å². The van der Waals surface area contributed by atoms with Crippen LogP contribution in [0.15, 0.2) is 54.6 Å². The first-order chi connectivity index (χ1) is 9.70. The zero-order valence-electron chi connectivity index (χ0n) is 12.1. The minimum atomic E-state index is 0.322. The predicted molar refractivity (Wildman–Crippen MR) is 89.1 cm³/mol. The molecule has 0 aliphatic heterocycles. The van der Waals surface area contributed by atoms with Gasteiger partial charge < -0.3 is 4.74 Å². The largest absolute Gasteiger partial charge is 0.493 e. The molecule has 0 fully saturated rings. The van der Waals surface area contributed by atoms with Crippen LogP contribution in [0.5, 0.6) is 5.75 Å². The third-order valence-electron chi connectivity index (χ3n) is 3.47. The Balaban J connectivity index is 2.02. The topological polar surface area (TPSA) is 9.23 Å². The van der Waals surface area contributed by atoms with Crippen LogP contribution >= 0.6 is 12.6 Å². The summed E-state index contributed by atoms with van der Waals surface area (Å²) in [6.45, 7) is 5.05. The SMILES string of the molecule is CC(C)c1cccc(OCC(CS)c2ccccc2)c1. The van der Waals surface area contributed by atoms with Gasteiger partial charge in [0.25, 0.3) is 0 Å². The fraction of sp³-hybridized carbons (Fsp3) is 0.333. The highest BCUT2D eigenvalue weighted by Gasteiger charge is 2.10. The molecule has 106 valence electrons. The summed E-state index contributed by atoms with van der Waals surface area (Å²) in [6, 6.07) is 18.8. The van der Waals surface area contributed by atoms with Crippen LogP contribution in [0.1, 0.15) is 36.8 Å². The minimum absolute atomic E-state index is 0.322. The highest BCUT2D eigenvalue weighted by molar-refractivity contribution is 7.80. The first-order valence-electron chi connectivity index (χ1n) is 7.09. The van der Waals surface area contributed by atoms with E-state index in [1.54, 1.807) is 0 Å². The van der Waals surface area contributed by atoms with Crippen molar-refractivity contribution in [2.24, 2.45) is 0 Å². The molecule has 2 rings (SSSR count). The Morgan fingerprint density at radius 1 is 0.950 bits per heavy atom. The number of rotatable bonds is 6.